The predicted octanol–water partition coefficient (Wildman–Crippen LogP) is 4.55. The molecule has 3 rings (SSSR count). The summed E-state index contributed by atoms with van der Waals surface area (Å²) in [6.07, 6.45) is 2.83. The van der Waals surface area contributed by atoms with Crippen molar-refractivity contribution in [1.29, 1.82) is 0 Å². The van der Waals surface area contributed by atoms with Gasteiger partial charge in [0.05, 0.1) is 4.92 Å². The van der Waals surface area contributed by atoms with Gasteiger partial charge in [-0.2, -0.15) is 0 Å². The van der Waals surface area contributed by atoms with Gasteiger partial charge in [-0.15, -0.1) is 0 Å². The number of nitrogens with one attached hydrogen (secondary N) is 2. The summed E-state index contributed by atoms with van der Waals surface area (Å²) in [4.78, 5) is 23.1. The van der Waals surface area contributed by atoms with E-state index in [1.807, 2.05) is 12.1 Å². The highest BCUT2D eigenvalue weighted by Gasteiger charge is 2.23. The molecular weight excluding hydrogens is 424 g/mol. The Morgan fingerprint density at radius 3 is 2.46 bits per heavy atom. The smallest absolute Gasteiger partial charge is 0.353 e. The van der Waals surface area contributed by atoms with Crippen molar-refractivity contribution >= 4 is 50.7 Å². The van der Waals surface area contributed by atoms with Crippen molar-refractivity contribution in [3.63, 3.8) is 0 Å². The first-order valence-electron chi connectivity index (χ1n) is 7.39. The van der Waals surface area contributed by atoms with E-state index >= 15 is 0 Å². The van der Waals surface area contributed by atoms with E-state index < -0.39 is 4.92 Å². The van der Waals surface area contributed by atoms with Crippen LogP contribution in [-0.4, -0.2) is 19.9 Å². The van der Waals surface area contributed by atoms with Crippen LogP contribution < -0.4 is 10.6 Å². The van der Waals surface area contributed by atoms with E-state index in [0.29, 0.717) is 17.4 Å². The number of hydrogen-bond donors (Lipinski definition) is 2. The Hall–Kier alpha value is -2.78. The minimum atomic E-state index is -0.536. The lowest BCUT2D eigenvalue weighted by atomic mass is 10.2. The Morgan fingerprint density at radius 1 is 1.08 bits per heavy atom. The summed E-state index contributed by atoms with van der Waals surface area (Å²) in [5.74, 6) is 0.594. The molecule has 8 nitrogen and oxygen atoms in total. The highest BCUT2D eigenvalue weighted by atomic mass is 79.9. The summed E-state index contributed by atoms with van der Waals surface area (Å²) in [5.41, 5.74) is 0.651. The van der Waals surface area contributed by atoms with Crippen LogP contribution in [0.3, 0.4) is 0 Å². The standard InChI is InChI=1S/C16H12BrClN6O2/c17-11-3-6-13(19-8-11)23-16-14(24(25)26)15(21-9-22-16)20-7-10-1-4-12(18)5-2-10/h1-6,8-9H,7H2,(H2,19,20,21,22,23). The normalized spacial score (nSPS) is 10.4. The summed E-state index contributed by atoms with van der Waals surface area (Å²) < 4.78 is 0.797. The summed E-state index contributed by atoms with van der Waals surface area (Å²) in [6, 6.07) is 10.6. The molecule has 2 heterocycles. The summed E-state index contributed by atoms with van der Waals surface area (Å²) >= 11 is 9.14. The number of aromatic nitrogens is 3. The van der Waals surface area contributed by atoms with Gasteiger partial charge in [-0.25, -0.2) is 15.0 Å². The molecule has 0 aliphatic carbocycles. The quantitative estimate of drug-likeness (QED) is 0.432. The van der Waals surface area contributed by atoms with Crippen LogP contribution in [0.4, 0.5) is 23.1 Å². The van der Waals surface area contributed by atoms with Crippen LogP contribution in [0.15, 0.2) is 53.4 Å². The van der Waals surface area contributed by atoms with E-state index in [1.54, 1.807) is 30.5 Å². The molecule has 0 saturated carbocycles. The Morgan fingerprint density at radius 2 is 1.81 bits per heavy atom. The van der Waals surface area contributed by atoms with Crippen molar-refractivity contribution in [3.05, 3.63) is 74.1 Å². The molecule has 10 heteroatoms. The molecule has 0 aliphatic heterocycles. The van der Waals surface area contributed by atoms with E-state index in [2.05, 4.69) is 41.5 Å². The molecule has 0 aliphatic rings. The number of benzene rings is 1. The second-order valence-corrected chi connectivity index (χ2v) is 6.50. The molecule has 1 aromatic carbocycles. The molecule has 2 N–H and O–H groups in total. The zero-order chi connectivity index (χ0) is 18.5. The molecule has 132 valence electrons. The largest absolute Gasteiger partial charge is 0.360 e. The summed E-state index contributed by atoms with van der Waals surface area (Å²) in [5, 5.41) is 18.0. The molecule has 0 unspecified atom stereocenters. The maximum atomic E-state index is 11.5. The second-order valence-electron chi connectivity index (χ2n) is 5.14. The van der Waals surface area contributed by atoms with Crippen molar-refractivity contribution < 1.29 is 4.92 Å². The Balaban J connectivity index is 1.84. The van der Waals surface area contributed by atoms with E-state index in [9.17, 15) is 10.1 Å². The Bertz CT molecular complexity index is 921. The van der Waals surface area contributed by atoms with Crippen LogP contribution in [0.2, 0.25) is 5.02 Å². The van der Waals surface area contributed by atoms with Crippen LogP contribution in [0.5, 0.6) is 0 Å². The lowest BCUT2D eigenvalue weighted by Gasteiger charge is -2.10. The molecule has 26 heavy (non-hydrogen) atoms. The monoisotopic (exact) mass is 434 g/mol. The van der Waals surface area contributed by atoms with Gasteiger partial charge in [0.1, 0.15) is 12.1 Å². The fourth-order valence-corrected chi connectivity index (χ4v) is 2.49. The first kappa shape index (κ1) is 18.0. The Kier molecular flexibility index (Phi) is 5.59. The zero-order valence-corrected chi connectivity index (χ0v) is 15.5. The molecule has 0 fully saturated rings. The van der Waals surface area contributed by atoms with Crippen LogP contribution in [0.25, 0.3) is 0 Å². The number of anilines is 3. The van der Waals surface area contributed by atoms with Gasteiger partial charge in [0, 0.05) is 22.2 Å². The second kappa shape index (κ2) is 8.07. The number of hydrogen-bond acceptors (Lipinski definition) is 7. The maximum Gasteiger partial charge on any atom is 0.353 e. The molecule has 0 atom stereocenters. The van der Waals surface area contributed by atoms with E-state index in [1.165, 1.54) is 6.33 Å². The van der Waals surface area contributed by atoms with Gasteiger partial charge in [-0.05, 0) is 45.8 Å². The summed E-state index contributed by atoms with van der Waals surface area (Å²) in [7, 11) is 0. The third-order valence-electron chi connectivity index (χ3n) is 3.35. The predicted molar refractivity (Wildman–Crippen MR) is 103 cm³/mol. The van der Waals surface area contributed by atoms with Gasteiger partial charge in [-0.1, -0.05) is 23.7 Å². The first-order valence-corrected chi connectivity index (χ1v) is 8.56. The molecular formula is C16H12BrClN6O2. The van der Waals surface area contributed by atoms with E-state index in [-0.39, 0.29) is 17.3 Å². The SMILES string of the molecule is O=[N+]([O-])c1c(NCc2ccc(Cl)cc2)ncnc1Nc1ccc(Br)cn1. The molecule has 0 spiro atoms. The van der Waals surface area contributed by atoms with Crippen molar-refractivity contribution in [2.24, 2.45) is 0 Å². The molecule has 3 aromatic rings. The van der Waals surface area contributed by atoms with Crippen molar-refractivity contribution in [1.82, 2.24) is 15.0 Å². The molecule has 2 aromatic heterocycles. The average molecular weight is 436 g/mol. The van der Waals surface area contributed by atoms with Gasteiger partial charge in [0.15, 0.2) is 0 Å². The van der Waals surface area contributed by atoms with Crippen LogP contribution in [0.1, 0.15) is 5.56 Å². The highest BCUT2D eigenvalue weighted by molar-refractivity contribution is 9.10. The zero-order valence-electron chi connectivity index (χ0n) is 13.2. The molecule has 0 radical (unpaired) electrons. The van der Waals surface area contributed by atoms with Crippen LogP contribution >= 0.6 is 27.5 Å². The number of halogens is 2. The maximum absolute atomic E-state index is 11.5. The van der Waals surface area contributed by atoms with Crippen LogP contribution in [0, 0.1) is 10.1 Å². The lowest BCUT2D eigenvalue weighted by molar-refractivity contribution is -0.383. The number of nitro groups is 1. The number of pyridine rings is 1. The fraction of sp³-hybridized carbons (Fsp3) is 0.0625. The topological polar surface area (TPSA) is 106 Å². The van der Waals surface area contributed by atoms with Gasteiger partial charge >= 0.3 is 5.69 Å². The average Bonchev–Trinajstić information content (AvgIpc) is 2.63. The number of nitrogens with zero attached hydrogens (tertiary/aromatic N) is 4. The fourth-order valence-electron chi connectivity index (χ4n) is 2.13. The van der Waals surface area contributed by atoms with Gasteiger partial charge in [-0.3, -0.25) is 10.1 Å². The lowest BCUT2D eigenvalue weighted by Crippen LogP contribution is -2.08. The highest BCUT2D eigenvalue weighted by Crippen LogP contribution is 2.31. The minimum Gasteiger partial charge on any atom is -0.360 e. The van der Waals surface area contributed by atoms with Crippen molar-refractivity contribution in [3.8, 4) is 0 Å². The van der Waals surface area contributed by atoms with Gasteiger partial charge in [0.2, 0.25) is 11.6 Å². The third-order valence-corrected chi connectivity index (χ3v) is 4.07. The summed E-state index contributed by atoms with van der Waals surface area (Å²) in [6.45, 7) is 0.352. The molecule has 0 bridgehead atoms. The molecule has 0 amide bonds. The van der Waals surface area contributed by atoms with Gasteiger partial charge in [0.25, 0.3) is 0 Å². The minimum absolute atomic E-state index is 0.0541. The van der Waals surface area contributed by atoms with Crippen molar-refractivity contribution in [2.45, 2.75) is 6.54 Å². The van der Waals surface area contributed by atoms with Gasteiger partial charge < -0.3 is 10.6 Å². The van der Waals surface area contributed by atoms with E-state index in [4.69, 9.17) is 11.6 Å². The van der Waals surface area contributed by atoms with Crippen LogP contribution in [-0.2, 0) is 6.54 Å². The van der Waals surface area contributed by atoms with Crippen molar-refractivity contribution in [2.75, 3.05) is 10.6 Å². The first-order chi connectivity index (χ1) is 12.5. The number of rotatable bonds is 6. The van der Waals surface area contributed by atoms with E-state index in [0.717, 1.165) is 10.0 Å². The Labute approximate surface area is 161 Å². The molecule has 0 saturated heterocycles. The third kappa shape index (κ3) is 4.44.